The number of nitrogens with zero attached hydrogens (tertiary/aromatic N) is 2. The maximum Gasteiger partial charge on any atom is 0.418 e. The smallest absolute Gasteiger partial charge is 0.396 e. The Bertz CT molecular complexity index is 659. The number of aliphatic hydroxyl groups is 1. The third kappa shape index (κ3) is 4.24. The van der Waals surface area contributed by atoms with Crippen LogP contribution in [-0.2, 0) is 24.3 Å². The third-order valence-electron chi connectivity index (χ3n) is 4.83. The molecule has 3 fully saturated rings. The summed E-state index contributed by atoms with van der Waals surface area (Å²) in [6.45, 7) is 1.13. The average molecular weight is 394 g/mol. The lowest BCUT2D eigenvalue weighted by atomic mass is 10.0. The monoisotopic (exact) mass is 394 g/mol. The van der Waals surface area contributed by atoms with E-state index in [1.807, 2.05) is 0 Å². The number of aliphatic hydroxyl groups excluding tert-OH is 1. The summed E-state index contributed by atoms with van der Waals surface area (Å²) in [5.41, 5.74) is 2.32. The van der Waals surface area contributed by atoms with Gasteiger partial charge >= 0.3 is 16.4 Å². The van der Waals surface area contributed by atoms with Gasteiger partial charge in [0.25, 0.3) is 5.91 Å². The minimum Gasteiger partial charge on any atom is -0.396 e. The van der Waals surface area contributed by atoms with Crippen molar-refractivity contribution in [2.45, 2.75) is 37.4 Å². The van der Waals surface area contributed by atoms with E-state index in [-0.39, 0.29) is 31.7 Å². The maximum absolute atomic E-state index is 12.3. The lowest BCUT2D eigenvalue weighted by Crippen LogP contribution is -2.50. The van der Waals surface area contributed by atoms with Gasteiger partial charge in [-0.3, -0.25) is 14.2 Å². The minimum atomic E-state index is -4.82. The van der Waals surface area contributed by atoms with Crippen molar-refractivity contribution in [2.24, 2.45) is 5.92 Å². The number of amides is 3. The van der Waals surface area contributed by atoms with E-state index in [4.69, 9.17) is 14.5 Å². The fourth-order valence-electron chi connectivity index (χ4n) is 3.55. The van der Waals surface area contributed by atoms with Crippen LogP contribution >= 0.6 is 0 Å². The zero-order chi connectivity index (χ0) is 18.9. The highest BCUT2D eigenvalue weighted by atomic mass is 32.3. The number of carbonyl (C=O) groups is 2. The van der Waals surface area contributed by atoms with Crippen molar-refractivity contribution >= 4 is 22.3 Å². The number of piperidine rings is 1. The quantitative estimate of drug-likeness (QED) is 0.283. The highest BCUT2D eigenvalue weighted by Gasteiger charge is 2.49. The van der Waals surface area contributed by atoms with Crippen LogP contribution in [0.1, 0.15) is 19.3 Å². The van der Waals surface area contributed by atoms with Gasteiger partial charge in [0.2, 0.25) is 0 Å². The van der Waals surface area contributed by atoms with Crippen molar-refractivity contribution in [1.82, 2.24) is 20.8 Å². The molecule has 3 aliphatic rings. The molecule has 4 N–H and O–H groups in total. The Morgan fingerprint density at radius 3 is 2.81 bits per heavy atom. The molecule has 0 aliphatic carbocycles. The van der Waals surface area contributed by atoms with Crippen LogP contribution in [0.15, 0.2) is 0 Å². The molecule has 4 atom stereocenters. The lowest BCUT2D eigenvalue weighted by molar-refractivity contribution is -0.139. The molecule has 12 nitrogen and oxygen atoms in total. The van der Waals surface area contributed by atoms with Gasteiger partial charge in [-0.05, 0) is 25.2 Å². The zero-order valence-corrected chi connectivity index (χ0v) is 14.7. The fourth-order valence-corrected chi connectivity index (χ4v) is 3.94. The van der Waals surface area contributed by atoms with Gasteiger partial charge in [0.1, 0.15) is 6.04 Å². The molecule has 0 radical (unpaired) electrons. The van der Waals surface area contributed by atoms with Gasteiger partial charge in [0, 0.05) is 25.7 Å². The van der Waals surface area contributed by atoms with Crippen LogP contribution in [0.2, 0.25) is 0 Å². The fraction of sp³-hybridized carbons (Fsp3) is 0.846. The second-order valence-electron chi connectivity index (χ2n) is 6.68. The molecule has 0 saturated carbocycles. The molecule has 2 bridgehead atoms. The topological polar surface area (TPSA) is 158 Å². The number of hydroxylamine groups is 3. The molecule has 13 heteroatoms. The maximum atomic E-state index is 12.3. The predicted octanol–water partition coefficient (Wildman–Crippen LogP) is -1.99. The molecule has 3 saturated heterocycles. The third-order valence-corrected chi connectivity index (χ3v) is 5.18. The number of urea groups is 1. The van der Waals surface area contributed by atoms with Crippen LogP contribution in [0, 0.1) is 5.92 Å². The molecule has 26 heavy (non-hydrogen) atoms. The zero-order valence-electron chi connectivity index (χ0n) is 13.9. The van der Waals surface area contributed by atoms with Gasteiger partial charge in [-0.15, -0.1) is 4.28 Å². The van der Waals surface area contributed by atoms with Crippen LogP contribution in [0.4, 0.5) is 4.79 Å². The first-order chi connectivity index (χ1) is 12.3. The second-order valence-corrected chi connectivity index (χ2v) is 7.68. The molecule has 148 valence electrons. The van der Waals surface area contributed by atoms with Crippen LogP contribution in [0.25, 0.3) is 0 Å². The highest BCUT2D eigenvalue weighted by Crippen LogP contribution is 2.30. The summed E-state index contributed by atoms with van der Waals surface area (Å²) in [4.78, 5) is 30.9. The van der Waals surface area contributed by atoms with E-state index in [1.54, 1.807) is 0 Å². The van der Waals surface area contributed by atoms with Crippen LogP contribution in [0.5, 0.6) is 0 Å². The number of fused-ring (bicyclic) bond motifs is 2. The first kappa shape index (κ1) is 19.3. The van der Waals surface area contributed by atoms with Crippen molar-refractivity contribution in [3.8, 4) is 0 Å². The molecule has 0 aromatic heterocycles. The highest BCUT2D eigenvalue weighted by molar-refractivity contribution is 7.80. The van der Waals surface area contributed by atoms with Crippen LogP contribution in [-0.4, -0.2) is 84.4 Å². The van der Waals surface area contributed by atoms with E-state index < -0.39 is 34.4 Å². The summed E-state index contributed by atoms with van der Waals surface area (Å²) in [6.07, 6.45) is 1.40. The molecule has 0 aromatic rings. The van der Waals surface area contributed by atoms with Crippen molar-refractivity contribution in [3.63, 3.8) is 0 Å². The number of nitrogens with one attached hydrogen (secondary N) is 2. The Kier molecular flexibility index (Phi) is 5.64. The average Bonchev–Trinajstić information content (AvgIpc) is 3.13. The molecule has 3 aliphatic heterocycles. The minimum absolute atomic E-state index is 0.0234. The van der Waals surface area contributed by atoms with Gasteiger partial charge in [-0.25, -0.2) is 10.3 Å². The van der Waals surface area contributed by atoms with Crippen molar-refractivity contribution in [2.75, 3.05) is 26.3 Å². The molecule has 3 heterocycles. The number of carbonyl (C=O) groups excluding carboxylic acids is 2. The standard InChI is InChI=1S/C13H22N4O8S/c18-6-8-3-9(14-4-8)7-24-15-12(19)11-2-1-10-5-16(11)13(20)17(10)25-26(21,22)23/h8-11,14,18H,1-7H2,(H,15,19)(H,21,22,23)/t8-,9-,10?,11?/m0/s1. The molecule has 3 rings (SSSR count). The molecule has 0 spiro atoms. The first-order valence-electron chi connectivity index (χ1n) is 8.31. The van der Waals surface area contributed by atoms with Crippen LogP contribution in [0.3, 0.4) is 0 Å². The first-order valence-corrected chi connectivity index (χ1v) is 9.67. The van der Waals surface area contributed by atoms with Crippen molar-refractivity contribution < 1.29 is 36.8 Å². The molecular formula is C13H22N4O8S. The molecule has 0 aromatic carbocycles. The summed E-state index contributed by atoms with van der Waals surface area (Å²) >= 11 is 0. The summed E-state index contributed by atoms with van der Waals surface area (Å²) in [7, 11) is -4.82. The Hall–Kier alpha value is -1.51. The Balaban J connectivity index is 1.49. The van der Waals surface area contributed by atoms with E-state index in [9.17, 15) is 18.0 Å². The summed E-state index contributed by atoms with van der Waals surface area (Å²) < 4.78 is 34.8. The van der Waals surface area contributed by atoms with Gasteiger partial charge in [0.05, 0.1) is 12.6 Å². The SMILES string of the molecule is O=C(NOC[C@@H]1C[C@H](CO)CN1)C1CCC2CN1C(=O)N2OS(=O)(=O)O. The molecular weight excluding hydrogens is 372 g/mol. The van der Waals surface area contributed by atoms with Crippen LogP contribution < -0.4 is 10.8 Å². The molecule has 3 amide bonds. The Labute approximate surface area is 150 Å². The van der Waals surface area contributed by atoms with Gasteiger partial charge in [-0.2, -0.15) is 13.5 Å². The molecule has 2 unspecified atom stereocenters. The number of rotatable bonds is 7. The van der Waals surface area contributed by atoms with Gasteiger partial charge < -0.3 is 15.3 Å². The van der Waals surface area contributed by atoms with E-state index in [1.165, 1.54) is 4.90 Å². The van der Waals surface area contributed by atoms with Crippen molar-refractivity contribution in [1.29, 1.82) is 0 Å². The largest absolute Gasteiger partial charge is 0.418 e. The van der Waals surface area contributed by atoms with E-state index in [0.717, 1.165) is 6.42 Å². The van der Waals surface area contributed by atoms with Gasteiger partial charge in [-0.1, -0.05) is 0 Å². The summed E-state index contributed by atoms with van der Waals surface area (Å²) in [5, 5.41) is 12.8. The van der Waals surface area contributed by atoms with Crippen molar-refractivity contribution in [3.05, 3.63) is 0 Å². The van der Waals surface area contributed by atoms with E-state index in [0.29, 0.717) is 24.4 Å². The Morgan fingerprint density at radius 2 is 2.15 bits per heavy atom. The lowest BCUT2D eigenvalue weighted by Gasteiger charge is -2.29. The summed E-state index contributed by atoms with van der Waals surface area (Å²) in [6, 6.07) is -2.13. The summed E-state index contributed by atoms with van der Waals surface area (Å²) in [5.74, 6) is -0.340. The number of hydrogen-bond acceptors (Lipinski definition) is 8. The second kappa shape index (κ2) is 7.62. The Morgan fingerprint density at radius 1 is 1.38 bits per heavy atom. The van der Waals surface area contributed by atoms with Gasteiger partial charge in [0.15, 0.2) is 0 Å². The normalized spacial score (nSPS) is 31.5. The van der Waals surface area contributed by atoms with E-state index >= 15 is 0 Å². The predicted molar refractivity (Wildman–Crippen MR) is 84.5 cm³/mol. The number of hydrogen-bond donors (Lipinski definition) is 4. The van der Waals surface area contributed by atoms with E-state index in [2.05, 4.69) is 15.1 Å².